The third-order valence-electron chi connectivity index (χ3n) is 18.5. The van der Waals surface area contributed by atoms with E-state index >= 15 is 0 Å². The fourth-order valence-corrected chi connectivity index (χ4v) is 12.6. The van der Waals surface area contributed by atoms with E-state index in [9.17, 15) is 45.6 Å². The quantitative estimate of drug-likeness (QED) is 0.0204. The van der Waals surface area contributed by atoms with Gasteiger partial charge in [0.25, 0.3) is 0 Å². The van der Waals surface area contributed by atoms with Crippen LogP contribution in [-0.4, -0.2) is 140 Å². The summed E-state index contributed by atoms with van der Waals surface area (Å²) in [5.41, 5.74) is 0. The normalized spacial score (nSPS) is 23.4. The molecule has 12 unspecified atom stereocenters. The molecule has 0 bridgehead atoms. The highest BCUT2D eigenvalue weighted by Crippen LogP contribution is 2.30. The van der Waals surface area contributed by atoms with Gasteiger partial charge in [-0.05, 0) is 38.5 Å². The van der Waals surface area contributed by atoms with Gasteiger partial charge in [0.1, 0.15) is 48.8 Å². The molecule has 9 N–H and O–H groups in total. The molecule has 14 heteroatoms. The third kappa shape index (κ3) is 41.3. The van der Waals surface area contributed by atoms with E-state index < -0.39 is 86.8 Å². The van der Waals surface area contributed by atoms with Crippen molar-refractivity contribution in [3.05, 3.63) is 12.2 Å². The Morgan fingerprint density at radius 3 is 1.10 bits per heavy atom. The average molecular weight is 1230 g/mol. The summed E-state index contributed by atoms with van der Waals surface area (Å²) in [5, 5.41) is 87.5. The van der Waals surface area contributed by atoms with Crippen LogP contribution in [-0.2, 0) is 23.7 Å². The molecule has 14 nitrogen and oxygen atoms in total. The Morgan fingerprint density at radius 1 is 0.407 bits per heavy atom. The molecule has 0 saturated carbocycles. The number of ether oxygens (including phenoxy) is 4. The summed E-state index contributed by atoms with van der Waals surface area (Å²) in [6.07, 6.45) is 54.0. The van der Waals surface area contributed by atoms with Gasteiger partial charge in [0.15, 0.2) is 12.6 Å². The van der Waals surface area contributed by atoms with Gasteiger partial charge in [0, 0.05) is 6.42 Å². The summed E-state index contributed by atoms with van der Waals surface area (Å²) in [5.74, 6) is -0.199. The van der Waals surface area contributed by atoms with E-state index in [1.807, 2.05) is 0 Å². The molecular formula is C72H139NO13. The summed E-state index contributed by atoms with van der Waals surface area (Å²) >= 11 is 0. The van der Waals surface area contributed by atoms with E-state index in [4.69, 9.17) is 18.9 Å². The number of hydrogen-bond acceptors (Lipinski definition) is 13. The molecule has 510 valence electrons. The maximum absolute atomic E-state index is 13.3. The smallest absolute Gasteiger partial charge is 0.220 e. The van der Waals surface area contributed by atoms with Gasteiger partial charge in [0.2, 0.25) is 5.91 Å². The number of carbonyl (C=O) groups excluding carboxylic acids is 1. The van der Waals surface area contributed by atoms with Crippen molar-refractivity contribution in [2.24, 2.45) is 0 Å². The number of carbonyl (C=O) groups is 1. The van der Waals surface area contributed by atoms with E-state index in [-0.39, 0.29) is 12.5 Å². The molecule has 86 heavy (non-hydrogen) atoms. The Morgan fingerprint density at radius 2 is 0.733 bits per heavy atom. The number of nitrogens with one attached hydrogen (secondary N) is 1. The minimum Gasteiger partial charge on any atom is -0.394 e. The minimum absolute atomic E-state index is 0.199. The van der Waals surface area contributed by atoms with Crippen molar-refractivity contribution in [2.45, 2.75) is 421 Å². The Labute approximate surface area is 526 Å². The van der Waals surface area contributed by atoms with Gasteiger partial charge in [-0.1, -0.05) is 315 Å². The molecular weight excluding hydrogens is 1090 g/mol. The summed E-state index contributed by atoms with van der Waals surface area (Å²) < 4.78 is 22.9. The fourth-order valence-electron chi connectivity index (χ4n) is 12.6. The van der Waals surface area contributed by atoms with Gasteiger partial charge in [-0.3, -0.25) is 4.79 Å². The van der Waals surface area contributed by atoms with Crippen LogP contribution < -0.4 is 5.32 Å². The highest BCUT2D eigenvalue weighted by atomic mass is 16.7. The van der Waals surface area contributed by atoms with Crippen LogP contribution in [0.4, 0.5) is 0 Å². The largest absolute Gasteiger partial charge is 0.394 e. The first kappa shape index (κ1) is 80.8. The Bertz CT molecular complexity index is 1490. The number of allylic oxidation sites excluding steroid dienone is 2. The van der Waals surface area contributed by atoms with Crippen molar-refractivity contribution < 1.29 is 64.6 Å². The lowest BCUT2D eigenvalue weighted by molar-refractivity contribution is -0.359. The highest BCUT2D eigenvalue weighted by molar-refractivity contribution is 5.76. The monoisotopic (exact) mass is 1230 g/mol. The fraction of sp³-hybridized carbons (Fsp3) is 0.958. The predicted octanol–water partition coefficient (Wildman–Crippen LogP) is 15.4. The first-order chi connectivity index (χ1) is 42.1. The van der Waals surface area contributed by atoms with Crippen LogP contribution >= 0.6 is 0 Å². The molecule has 12 atom stereocenters. The van der Waals surface area contributed by atoms with E-state index in [2.05, 4.69) is 31.3 Å². The topological polar surface area (TPSA) is 228 Å². The van der Waals surface area contributed by atoms with E-state index in [0.29, 0.717) is 12.8 Å². The van der Waals surface area contributed by atoms with Crippen molar-refractivity contribution in [1.29, 1.82) is 0 Å². The van der Waals surface area contributed by atoms with Gasteiger partial charge in [-0.15, -0.1) is 0 Å². The van der Waals surface area contributed by atoms with Crippen molar-refractivity contribution in [2.75, 3.05) is 19.8 Å². The molecule has 2 heterocycles. The maximum Gasteiger partial charge on any atom is 0.220 e. The first-order valence-electron chi connectivity index (χ1n) is 36.9. The van der Waals surface area contributed by atoms with Gasteiger partial charge < -0.3 is 65.1 Å². The molecule has 2 aliphatic rings. The van der Waals surface area contributed by atoms with Gasteiger partial charge in [0.05, 0.1) is 32.0 Å². The third-order valence-corrected chi connectivity index (χ3v) is 18.5. The first-order valence-corrected chi connectivity index (χ1v) is 36.9. The molecule has 0 spiro atoms. The molecule has 1 amide bonds. The lowest BCUT2D eigenvalue weighted by Crippen LogP contribution is -2.65. The molecule has 0 aromatic rings. The second-order valence-corrected chi connectivity index (χ2v) is 26.4. The number of unbranched alkanes of at least 4 members (excludes halogenated alkanes) is 47. The van der Waals surface area contributed by atoms with Crippen LogP contribution in [0.3, 0.4) is 0 Å². The van der Waals surface area contributed by atoms with Crippen molar-refractivity contribution in [1.82, 2.24) is 5.32 Å². The molecule has 0 radical (unpaired) electrons. The van der Waals surface area contributed by atoms with Crippen LogP contribution in [0.15, 0.2) is 12.2 Å². The number of aliphatic hydroxyl groups is 8. The number of rotatable bonds is 62. The summed E-state index contributed by atoms with van der Waals surface area (Å²) in [7, 11) is 0. The van der Waals surface area contributed by atoms with Crippen LogP contribution in [0.25, 0.3) is 0 Å². The highest BCUT2D eigenvalue weighted by Gasteiger charge is 2.51. The average Bonchev–Trinajstić information content (AvgIpc) is 1.83. The SMILES string of the molecule is CCCCCCCCCC/C=C\CCCCCCCCCCCCCCCCCCCCCCCCCCCC(=O)NC(COC1OC(CO)C(OC2OC(CO)C(O)C(O)C2O)C(O)C1O)C(O)CCCCCCCCCCCCCCCCC. The zero-order chi connectivity index (χ0) is 62.3. The molecule has 2 fully saturated rings. The molecule has 2 rings (SSSR count). The minimum atomic E-state index is -1.78. The second-order valence-electron chi connectivity index (χ2n) is 26.4. The lowest BCUT2D eigenvalue weighted by atomic mass is 9.97. The maximum atomic E-state index is 13.3. The van der Waals surface area contributed by atoms with E-state index in [1.165, 1.54) is 270 Å². The van der Waals surface area contributed by atoms with Crippen LogP contribution in [0.1, 0.15) is 348 Å². The standard InChI is InChI=1S/C72H139NO13/c1-3-5-7-9-11-13-15-17-19-20-21-22-23-24-25-26-27-28-29-30-31-32-33-34-35-36-37-38-39-40-42-44-46-48-50-52-54-56-64(77)73-60(61(76)55-53-51-49-47-45-43-41-18-16-14-12-10-8-6-4-2)59-83-71-69(82)67(80)70(63(58-75)85-71)86-72-68(81)66(79)65(78)62(57-74)84-72/h20-21,60-63,65-72,74-76,78-82H,3-19,22-59H2,1-2H3,(H,73,77)/b21-20-. The summed E-state index contributed by atoms with van der Waals surface area (Å²) in [4.78, 5) is 13.3. The van der Waals surface area contributed by atoms with Crippen molar-refractivity contribution in [3.63, 3.8) is 0 Å². The molecule has 2 aliphatic heterocycles. The van der Waals surface area contributed by atoms with Crippen molar-refractivity contribution in [3.8, 4) is 0 Å². The summed E-state index contributed by atoms with van der Waals surface area (Å²) in [6.45, 7) is 2.91. The van der Waals surface area contributed by atoms with E-state index in [1.54, 1.807) is 0 Å². The summed E-state index contributed by atoms with van der Waals surface area (Å²) in [6, 6.07) is -0.825. The second kappa shape index (κ2) is 57.6. The Balaban J connectivity index is 1.56. The van der Waals surface area contributed by atoms with Crippen LogP contribution in [0.5, 0.6) is 0 Å². The Hall–Kier alpha value is -1.27. The number of amides is 1. The predicted molar refractivity (Wildman–Crippen MR) is 351 cm³/mol. The van der Waals surface area contributed by atoms with Crippen LogP contribution in [0, 0.1) is 0 Å². The lowest BCUT2D eigenvalue weighted by Gasteiger charge is -2.46. The molecule has 0 aromatic carbocycles. The zero-order valence-electron chi connectivity index (χ0n) is 55.6. The zero-order valence-corrected chi connectivity index (χ0v) is 55.6. The molecule has 0 aliphatic carbocycles. The molecule has 0 aromatic heterocycles. The Kier molecular flexibility index (Phi) is 54.1. The van der Waals surface area contributed by atoms with Crippen LogP contribution in [0.2, 0.25) is 0 Å². The number of hydrogen-bond donors (Lipinski definition) is 9. The van der Waals surface area contributed by atoms with Gasteiger partial charge >= 0.3 is 0 Å². The molecule has 2 saturated heterocycles. The van der Waals surface area contributed by atoms with E-state index in [0.717, 1.165) is 51.4 Å². The van der Waals surface area contributed by atoms with Crippen molar-refractivity contribution >= 4 is 5.91 Å². The van der Waals surface area contributed by atoms with Gasteiger partial charge in [-0.2, -0.15) is 0 Å². The van der Waals surface area contributed by atoms with Gasteiger partial charge in [-0.25, -0.2) is 0 Å². The number of aliphatic hydroxyl groups excluding tert-OH is 8.